The molecule has 45 heavy (non-hydrogen) atoms. The Morgan fingerprint density at radius 1 is 0.533 bits per heavy atom. The first-order valence-electron chi connectivity index (χ1n) is 17.0. The molecule has 0 aliphatic carbocycles. The van der Waals surface area contributed by atoms with Crippen molar-refractivity contribution in [1.82, 2.24) is 0 Å². The largest absolute Gasteiger partial charge is 0.478 e. The molecule has 13 nitrogen and oxygen atoms in total. The van der Waals surface area contributed by atoms with E-state index in [1.165, 1.54) is 0 Å². The summed E-state index contributed by atoms with van der Waals surface area (Å²) >= 11 is 0. The van der Waals surface area contributed by atoms with Gasteiger partial charge in [0.15, 0.2) is 0 Å². The molecule has 0 aromatic rings. The second-order valence-corrected chi connectivity index (χ2v) is 40.9. The second kappa shape index (κ2) is 12.8. The Hall–Kier alpha value is 0.765. The highest BCUT2D eigenvalue weighted by Crippen LogP contribution is 2.54. The summed E-state index contributed by atoms with van der Waals surface area (Å²) in [4.78, 5) is 12.8. The van der Waals surface area contributed by atoms with Crippen molar-refractivity contribution >= 4 is 75.9 Å². The van der Waals surface area contributed by atoms with Gasteiger partial charge < -0.3 is 50.0 Å². The van der Waals surface area contributed by atoms with Gasteiger partial charge in [-0.15, -0.1) is 0 Å². The van der Waals surface area contributed by atoms with Crippen LogP contribution in [0.3, 0.4) is 0 Å². The van der Waals surface area contributed by atoms with Crippen LogP contribution in [0.2, 0.25) is 54.0 Å². The molecule has 6 fully saturated rings. The van der Waals surface area contributed by atoms with Crippen LogP contribution in [-0.4, -0.2) is 82.5 Å². The minimum atomic E-state index is -3.74. The van der Waals surface area contributed by atoms with E-state index in [1.54, 1.807) is 0 Å². The monoisotopic (exact) mass is 774 g/mol. The summed E-state index contributed by atoms with van der Waals surface area (Å²) in [6.45, 7) is 20.2. The lowest BCUT2D eigenvalue weighted by molar-refractivity contribution is -0.154. The van der Waals surface area contributed by atoms with Gasteiger partial charge in [0.1, 0.15) is 0 Å². The number of rotatable bonds is 13. The maximum Gasteiger partial charge on any atom is 0.478 e. The van der Waals surface area contributed by atoms with Crippen molar-refractivity contribution in [2.45, 2.75) is 136 Å². The number of ether oxygens (including phenoxy) is 1. The Bertz CT molecular complexity index is 996. The summed E-state index contributed by atoms with van der Waals surface area (Å²) in [5.74, 6) is -0.229. The Morgan fingerprint density at radius 3 is 1.20 bits per heavy atom. The van der Waals surface area contributed by atoms with E-state index in [-0.39, 0.29) is 12.6 Å². The van der Waals surface area contributed by atoms with E-state index in [0.717, 1.165) is 0 Å². The van der Waals surface area contributed by atoms with Crippen molar-refractivity contribution in [3.8, 4) is 0 Å². The Kier molecular flexibility index (Phi) is 10.6. The molecule has 0 saturated carbocycles. The molecule has 21 heteroatoms. The van der Waals surface area contributed by atoms with E-state index >= 15 is 0 Å². The Balaban J connectivity index is 1.68. The maximum absolute atomic E-state index is 12.8. The molecule has 6 saturated heterocycles. The molecular formula is C24H54O13Si8. The van der Waals surface area contributed by atoms with E-state index in [0.29, 0.717) is 66.9 Å². The molecule has 0 amide bonds. The molecular weight excluding hydrogens is 721 g/mol. The van der Waals surface area contributed by atoms with Crippen LogP contribution in [0.15, 0.2) is 0 Å². The third-order valence-corrected chi connectivity index (χ3v) is 49.7. The fourth-order valence-corrected chi connectivity index (χ4v) is 61.3. The second-order valence-electron chi connectivity index (χ2n) is 13.2. The molecule has 8 bridgehead atoms. The van der Waals surface area contributed by atoms with Crippen LogP contribution >= 0.6 is 0 Å². The third kappa shape index (κ3) is 6.67. The van der Waals surface area contributed by atoms with Crippen LogP contribution in [0.1, 0.15) is 82.1 Å². The molecule has 0 spiro atoms. The zero-order valence-electron chi connectivity index (χ0n) is 28.8. The van der Waals surface area contributed by atoms with E-state index < -0.39 is 75.4 Å². The van der Waals surface area contributed by atoms with Gasteiger partial charge in [0.05, 0.1) is 12.0 Å². The van der Waals surface area contributed by atoms with Gasteiger partial charge in [-0.2, -0.15) is 0 Å². The number of carbonyl (C=O) groups is 1. The van der Waals surface area contributed by atoms with Gasteiger partial charge in [0, 0.05) is 41.9 Å². The fraction of sp³-hybridized carbons (Fsp3) is 0.958. The predicted molar refractivity (Wildman–Crippen MR) is 181 cm³/mol. The summed E-state index contributed by atoms with van der Waals surface area (Å²) in [7, 11) is -28.1. The molecule has 6 rings (SSSR count). The molecule has 6 aliphatic heterocycles. The van der Waals surface area contributed by atoms with E-state index in [4.69, 9.17) is 50.0 Å². The van der Waals surface area contributed by atoms with Gasteiger partial charge in [0.25, 0.3) is 0 Å². The van der Waals surface area contributed by atoms with Gasteiger partial charge in [-0.1, -0.05) is 55.4 Å². The third-order valence-electron chi connectivity index (χ3n) is 9.62. The van der Waals surface area contributed by atoms with Crippen molar-refractivity contribution in [2.24, 2.45) is 5.41 Å². The molecule has 0 radical (unpaired) electrons. The van der Waals surface area contributed by atoms with Crippen molar-refractivity contribution in [3.05, 3.63) is 0 Å². The highest BCUT2D eigenvalue weighted by Gasteiger charge is 2.80. The highest BCUT2D eigenvalue weighted by atomic mass is 28.6. The van der Waals surface area contributed by atoms with E-state index in [9.17, 15) is 4.79 Å². The minimum Gasteiger partial charge on any atom is -0.465 e. The van der Waals surface area contributed by atoms with Crippen molar-refractivity contribution in [2.75, 3.05) is 6.61 Å². The van der Waals surface area contributed by atoms with Crippen molar-refractivity contribution in [1.29, 1.82) is 0 Å². The van der Waals surface area contributed by atoms with Gasteiger partial charge in [-0.25, -0.2) is 0 Å². The first-order valence-corrected chi connectivity index (χ1v) is 33.0. The quantitative estimate of drug-likeness (QED) is 0.127. The molecule has 0 aromatic heterocycles. The van der Waals surface area contributed by atoms with Crippen LogP contribution < -0.4 is 0 Å². The smallest absolute Gasteiger partial charge is 0.465 e. The molecule has 8 atom stereocenters. The highest BCUT2D eigenvalue weighted by molar-refractivity contribution is 7.06. The van der Waals surface area contributed by atoms with Crippen LogP contribution in [0, 0.1) is 5.41 Å². The summed E-state index contributed by atoms with van der Waals surface area (Å²) < 4.78 is 85.7. The number of hydrogen-bond acceptors (Lipinski definition) is 13. The molecule has 260 valence electrons. The first kappa shape index (κ1) is 37.0. The maximum atomic E-state index is 12.8. The lowest BCUT2D eigenvalue weighted by Crippen LogP contribution is -2.87. The zero-order chi connectivity index (χ0) is 33.0. The summed E-state index contributed by atoms with van der Waals surface area (Å²) in [6.07, 6.45) is 1.15. The summed E-state index contributed by atoms with van der Waals surface area (Å²) in [6, 6.07) is 3.94. The Labute approximate surface area is 277 Å². The lowest BCUT2D eigenvalue weighted by Gasteiger charge is -2.63. The van der Waals surface area contributed by atoms with Crippen LogP contribution in [0.4, 0.5) is 0 Å². The molecule has 0 aromatic carbocycles. The average Bonchev–Trinajstić information content (AvgIpc) is 2.98. The predicted octanol–water partition coefficient (Wildman–Crippen LogP) is 5.80. The topological polar surface area (TPSA) is 128 Å². The van der Waals surface area contributed by atoms with Crippen LogP contribution in [-0.2, 0) is 54.8 Å². The van der Waals surface area contributed by atoms with Crippen molar-refractivity contribution in [3.63, 3.8) is 0 Å². The lowest BCUT2D eigenvalue weighted by atomic mass is 9.91. The molecule has 6 aliphatic rings. The normalized spacial score (nSPS) is 45.8. The SMILES string of the molecule is CCC(C)(C)C(=O)OCCC[Si]12O[Si]3(CC)C[Si]4(CC)O[Si]5(CC)O[Si](CC)(O3)O[Si](CC)(O1)O[Si](CC)(O5)O[Si](CC)(O4)O2. The van der Waals surface area contributed by atoms with Crippen LogP contribution in [0.25, 0.3) is 0 Å². The standard InChI is InChI=1S/C24H54O13Si8/c1-11-24(9,10)23(25)26-20-19-21-45-30-39(13-3)22-38(12-2)27-40(14-4)31-41(15-5,29-39)33-44(18-8,37-45)35-43(17-7,32-40)34-42(16-6,28-38)36-45/h11-22H2,1-10H3. The van der Waals surface area contributed by atoms with Gasteiger partial charge in [0.2, 0.25) is 0 Å². The minimum absolute atomic E-state index is 0.203. The van der Waals surface area contributed by atoms with E-state index in [1.807, 2.05) is 55.4 Å². The summed E-state index contributed by atoms with van der Waals surface area (Å²) in [5.41, 5.74) is -0.0422. The van der Waals surface area contributed by atoms with Crippen LogP contribution in [0.5, 0.6) is 0 Å². The number of carbonyl (C=O) groups excluding carboxylic acids is 1. The molecule has 8 unspecified atom stereocenters. The Morgan fingerprint density at radius 2 is 0.867 bits per heavy atom. The average molecular weight is 775 g/mol. The van der Waals surface area contributed by atoms with Crippen molar-refractivity contribution < 1.29 is 54.8 Å². The first-order chi connectivity index (χ1) is 21.1. The van der Waals surface area contributed by atoms with Gasteiger partial charge in [-0.3, -0.25) is 4.79 Å². The molecule has 6 heterocycles. The van der Waals surface area contributed by atoms with Gasteiger partial charge >= 0.3 is 75.9 Å². The number of hydrogen-bond donors (Lipinski definition) is 0. The molecule has 0 N–H and O–H groups in total. The van der Waals surface area contributed by atoms with E-state index in [2.05, 4.69) is 13.8 Å². The number of esters is 1. The summed E-state index contributed by atoms with van der Waals surface area (Å²) in [5, 5.41) is 0. The fourth-order valence-electron chi connectivity index (χ4n) is 6.33. The zero-order valence-corrected chi connectivity index (χ0v) is 36.8. The van der Waals surface area contributed by atoms with Gasteiger partial charge in [-0.05, 0) is 38.8 Å².